The van der Waals surface area contributed by atoms with Gasteiger partial charge < -0.3 is 14.2 Å². The first-order chi connectivity index (χ1) is 10.4. The Hall–Kier alpha value is -0.570. The van der Waals surface area contributed by atoms with Crippen molar-refractivity contribution in [3.8, 4) is 5.75 Å². The Balaban J connectivity index is 2.28. The highest BCUT2D eigenvalue weighted by molar-refractivity contribution is 7.89. The molecule has 2 atom stereocenters. The van der Waals surface area contributed by atoms with Crippen molar-refractivity contribution < 1.29 is 22.6 Å². The number of ether oxygens (including phenoxy) is 3. The highest BCUT2D eigenvalue weighted by Crippen LogP contribution is 2.33. The van der Waals surface area contributed by atoms with E-state index in [1.165, 1.54) is 26.4 Å². The van der Waals surface area contributed by atoms with Crippen molar-refractivity contribution in [2.24, 2.45) is 0 Å². The van der Waals surface area contributed by atoms with Gasteiger partial charge in [-0.15, -0.1) is 0 Å². The molecule has 0 spiro atoms. The molecule has 1 aromatic carbocycles. The number of hydrogen-bond acceptors (Lipinski definition) is 5. The van der Waals surface area contributed by atoms with Gasteiger partial charge >= 0.3 is 0 Å². The molecule has 1 aromatic rings. The molecule has 0 unspecified atom stereocenters. The van der Waals surface area contributed by atoms with Gasteiger partial charge in [0.1, 0.15) is 10.6 Å². The van der Waals surface area contributed by atoms with Gasteiger partial charge in [-0.25, -0.2) is 13.1 Å². The molecular formula is C13H17Cl2NO5S. The van der Waals surface area contributed by atoms with Crippen LogP contribution in [0.1, 0.15) is 6.42 Å². The minimum atomic E-state index is -3.86. The van der Waals surface area contributed by atoms with Crippen LogP contribution in [-0.2, 0) is 19.5 Å². The molecule has 6 nitrogen and oxygen atoms in total. The first kappa shape index (κ1) is 17.8. The minimum absolute atomic E-state index is 0.0273. The van der Waals surface area contributed by atoms with E-state index in [0.29, 0.717) is 18.8 Å². The van der Waals surface area contributed by atoms with Gasteiger partial charge in [0, 0.05) is 19.8 Å². The monoisotopic (exact) mass is 369 g/mol. The number of rotatable bonds is 5. The molecule has 0 radical (unpaired) electrons. The van der Waals surface area contributed by atoms with Crippen LogP contribution >= 0.6 is 23.2 Å². The van der Waals surface area contributed by atoms with Crippen molar-refractivity contribution in [1.29, 1.82) is 0 Å². The molecule has 0 aliphatic carbocycles. The molecule has 1 aliphatic rings. The minimum Gasteiger partial charge on any atom is -0.495 e. The second-order valence-corrected chi connectivity index (χ2v) is 7.28. The summed E-state index contributed by atoms with van der Waals surface area (Å²) in [5.74, 6) is 0.307. The van der Waals surface area contributed by atoms with E-state index in [-0.39, 0.29) is 27.7 Å². The fourth-order valence-corrected chi connectivity index (χ4v) is 4.34. The molecule has 124 valence electrons. The highest BCUT2D eigenvalue weighted by Gasteiger charge is 2.31. The maximum Gasteiger partial charge on any atom is 0.242 e. The Bertz CT molecular complexity index is 638. The SMILES string of the molecule is COc1cc(Cl)c(S(=O)(=O)N[C@@H]2COCC[C@H]2OC)cc1Cl. The van der Waals surface area contributed by atoms with Crippen molar-refractivity contribution in [2.45, 2.75) is 23.5 Å². The van der Waals surface area contributed by atoms with E-state index in [9.17, 15) is 8.42 Å². The van der Waals surface area contributed by atoms with Crippen molar-refractivity contribution in [1.82, 2.24) is 4.72 Å². The Morgan fingerprint density at radius 2 is 2.00 bits per heavy atom. The van der Waals surface area contributed by atoms with Crippen LogP contribution in [0.15, 0.2) is 17.0 Å². The van der Waals surface area contributed by atoms with Gasteiger partial charge in [-0.1, -0.05) is 23.2 Å². The quantitative estimate of drug-likeness (QED) is 0.859. The molecule has 0 saturated carbocycles. The number of methoxy groups -OCH3 is 2. The largest absolute Gasteiger partial charge is 0.495 e. The van der Waals surface area contributed by atoms with Crippen LogP contribution in [0.2, 0.25) is 10.0 Å². The van der Waals surface area contributed by atoms with Crippen LogP contribution in [0.4, 0.5) is 0 Å². The average Bonchev–Trinajstić information content (AvgIpc) is 2.49. The van der Waals surface area contributed by atoms with Gasteiger partial charge in [0.05, 0.1) is 35.9 Å². The lowest BCUT2D eigenvalue weighted by atomic mass is 10.1. The first-order valence-corrected chi connectivity index (χ1v) is 8.79. The predicted molar refractivity (Wildman–Crippen MR) is 83.4 cm³/mol. The third kappa shape index (κ3) is 3.84. The Morgan fingerprint density at radius 3 is 2.64 bits per heavy atom. The highest BCUT2D eigenvalue weighted by atomic mass is 35.5. The predicted octanol–water partition coefficient (Wildman–Crippen LogP) is 2.08. The van der Waals surface area contributed by atoms with Crippen LogP contribution < -0.4 is 9.46 Å². The van der Waals surface area contributed by atoms with E-state index in [1.807, 2.05) is 0 Å². The van der Waals surface area contributed by atoms with Gasteiger partial charge in [-0.05, 0) is 12.5 Å². The molecule has 0 aromatic heterocycles. The Kier molecular flexibility index (Phi) is 5.93. The molecule has 1 fully saturated rings. The van der Waals surface area contributed by atoms with Gasteiger partial charge in [-0.2, -0.15) is 0 Å². The lowest BCUT2D eigenvalue weighted by Crippen LogP contribution is -2.50. The van der Waals surface area contributed by atoms with Gasteiger partial charge in [-0.3, -0.25) is 0 Å². The number of halogens is 2. The summed E-state index contributed by atoms with van der Waals surface area (Å²) in [5, 5.41) is 0.190. The molecule has 2 rings (SSSR count). The zero-order valence-electron chi connectivity index (χ0n) is 12.1. The van der Waals surface area contributed by atoms with Crippen molar-refractivity contribution in [3.63, 3.8) is 0 Å². The summed E-state index contributed by atoms with van der Waals surface area (Å²) in [6, 6.07) is 2.14. The maximum atomic E-state index is 12.5. The van der Waals surface area contributed by atoms with E-state index in [1.54, 1.807) is 0 Å². The zero-order chi connectivity index (χ0) is 16.3. The zero-order valence-corrected chi connectivity index (χ0v) is 14.5. The summed E-state index contributed by atoms with van der Waals surface area (Å²) in [6.07, 6.45) is 0.358. The summed E-state index contributed by atoms with van der Waals surface area (Å²) in [4.78, 5) is -0.111. The fraction of sp³-hybridized carbons (Fsp3) is 0.538. The normalized spacial score (nSPS) is 22.5. The second-order valence-electron chi connectivity index (χ2n) is 4.78. The van der Waals surface area contributed by atoms with E-state index in [4.69, 9.17) is 37.4 Å². The van der Waals surface area contributed by atoms with E-state index in [0.717, 1.165) is 0 Å². The number of nitrogens with one attached hydrogen (secondary N) is 1. The molecule has 1 aliphatic heterocycles. The smallest absolute Gasteiger partial charge is 0.242 e. The van der Waals surface area contributed by atoms with E-state index in [2.05, 4.69) is 4.72 Å². The van der Waals surface area contributed by atoms with Gasteiger partial charge in [0.15, 0.2) is 0 Å². The van der Waals surface area contributed by atoms with Crippen LogP contribution in [0.5, 0.6) is 5.75 Å². The number of benzene rings is 1. The number of sulfonamides is 1. The van der Waals surface area contributed by atoms with Crippen molar-refractivity contribution in [2.75, 3.05) is 27.4 Å². The third-order valence-electron chi connectivity index (χ3n) is 3.40. The molecule has 1 heterocycles. The van der Waals surface area contributed by atoms with Crippen LogP contribution in [0.25, 0.3) is 0 Å². The number of hydrogen-bond donors (Lipinski definition) is 1. The third-order valence-corrected chi connectivity index (χ3v) is 5.65. The summed E-state index contributed by atoms with van der Waals surface area (Å²) in [5.41, 5.74) is 0. The first-order valence-electron chi connectivity index (χ1n) is 6.55. The lowest BCUT2D eigenvalue weighted by molar-refractivity contribution is -0.0305. The lowest BCUT2D eigenvalue weighted by Gasteiger charge is -2.30. The molecule has 1 N–H and O–H groups in total. The van der Waals surface area contributed by atoms with Crippen LogP contribution in [0.3, 0.4) is 0 Å². The molecule has 1 saturated heterocycles. The molecule has 9 heteroatoms. The summed E-state index contributed by atoms with van der Waals surface area (Å²) in [7, 11) is -0.904. The van der Waals surface area contributed by atoms with Gasteiger partial charge in [0.25, 0.3) is 0 Å². The molecule has 0 bridgehead atoms. The molecule has 0 amide bonds. The maximum absolute atomic E-state index is 12.5. The average molecular weight is 370 g/mol. The Labute approximate surface area is 139 Å². The fourth-order valence-electron chi connectivity index (χ4n) is 2.25. The Morgan fingerprint density at radius 1 is 1.27 bits per heavy atom. The van der Waals surface area contributed by atoms with Crippen molar-refractivity contribution in [3.05, 3.63) is 22.2 Å². The summed E-state index contributed by atoms with van der Waals surface area (Å²) >= 11 is 12.0. The summed E-state index contributed by atoms with van der Waals surface area (Å²) in [6.45, 7) is 0.769. The summed E-state index contributed by atoms with van der Waals surface area (Å²) < 4.78 is 43.2. The molecular weight excluding hydrogens is 353 g/mol. The second kappa shape index (κ2) is 7.33. The van der Waals surface area contributed by atoms with Gasteiger partial charge in [0.2, 0.25) is 10.0 Å². The van der Waals surface area contributed by atoms with E-state index >= 15 is 0 Å². The van der Waals surface area contributed by atoms with Crippen molar-refractivity contribution >= 4 is 33.2 Å². The standard InChI is InChI=1S/C13H17Cl2NO5S/c1-19-11-3-4-21-7-10(11)16-22(17,18)13-6-8(14)12(20-2)5-9(13)15/h5-6,10-11,16H,3-4,7H2,1-2H3/t10-,11-/m1/s1. The van der Waals surface area contributed by atoms with E-state index < -0.39 is 16.1 Å². The van der Waals surface area contributed by atoms with Crippen LogP contribution in [-0.4, -0.2) is 48.0 Å². The molecule has 22 heavy (non-hydrogen) atoms. The topological polar surface area (TPSA) is 73.9 Å². The van der Waals surface area contributed by atoms with Crippen LogP contribution in [0, 0.1) is 0 Å².